The van der Waals surface area contributed by atoms with Gasteiger partial charge in [0.1, 0.15) is 0 Å². The molecule has 0 aromatic heterocycles. The molecule has 0 radical (unpaired) electrons. The first-order valence-corrected chi connectivity index (χ1v) is 7.14. The van der Waals surface area contributed by atoms with Crippen LogP contribution in [0.4, 0.5) is 0 Å². The van der Waals surface area contributed by atoms with Gasteiger partial charge in [-0.3, -0.25) is 0 Å². The Bertz CT molecular complexity index is 179. The Labute approximate surface area is 101 Å². The van der Waals surface area contributed by atoms with E-state index >= 15 is 0 Å². The molecular formula is C14H28N2. The molecule has 2 nitrogen and oxygen atoms in total. The zero-order chi connectivity index (χ0) is 11.5. The average molecular weight is 224 g/mol. The maximum atomic E-state index is 5.98. The number of nitrogens with zero attached hydrogens (tertiary/aromatic N) is 1. The maximum absolute atomic E-state index is 5.98. The van der Waals surface area contributed by atoms with Gasteiger partial charge in [-0.2, -0.15) is 0 Å². The minimum atomic E-state index is 0.482. The van der Waals surface area contributed by atoms with E-state index in [1.54, 1.807) is 0 Å². The van der Waals surface area contributed by atoms with Crippen LogP contribution >= 0.6 is 0 Å². The van der Waals surface area contributed by atoms with E-state index in [1.165, 1.54) is 51.4 Å². The highest BCUT2D eigenvalue weighted by Gasteiger charge is 2.28. The van der Waals surface area contributed by atoms with E-state index in [9.17, 15) is 0 Å². The number of rotatable bonds is 2. The summed E-state index contributed by atoms with van der Waals surface area (Å²) in [6.07, 6.45) is 10.8. The molecule has 2 aliphatic carbocycles. The molecule has 2 aliphatic rings. The molecular weight excluding hydrogens is 196 g/mol. The van der Waals surface area contributed by atoms with Gasteiger partial charge in [-0.1, -0.05) is 6.92 Å². The molecule has 0 amide bonds. The van der Waals surface area contributed by atoms with Crippen LogP contribution in [0, 0.1) is 5.92 Å². The van der Waals surface area contributed by atoms with E-state index in [0.717, 1.165) is 18.0 Å². The topological polar surface area (TPSA) is 29.3 Å². The molecule has 0 bridgehead atoms. The lowest BCUT2D eigenvalue weighted by molar-refractivity contribution is 0.0966. The molecule has 0 unspecified atom stereocenters. The maximum Gasteiger partial charge on any atom is 0.00962 e. The van der Waals surface area contributed by atoms with Gasteiger partial charge in [-0.15, -0.1) is 0 Å². The molecule has 16 heavy (non-hydrogen) atoms. The molecule has 0 spiro atoms. The van der Waals surface area contributed by atoms with Crippen LogP contribution in [0.5, 0.6) is 0 Å². The third-order valence-electron chi connectivity index (χ3n) is 4.88. The van der Waals surface area contributed by atoms with Crippen LogP contribution in [0.25, 0.3) is 0 Å². The van der Waals surface area contributed by atoms with Gasteiger partial charge >= 0.3 is 0 Å². The molecule has 0 aliphatic heterocycles. The molecule has 0 heterocycles. The lowest BCUT2D eigenvalue weighted by Gasteiger charge is -2.41. The summed E-state index contributed by atoms with van der Waals surface area (Å²) in [6, 6.07) is 2.16. The third-order valence-corrected chi connectivity index (χ3v) is 4.88. The summed E-state index contributed by atoms with van der Waals surface area (Å²) in [7, 11) is 2.35. The van der Waals surface area contributed by atoms with E-state index in [4.69, 9.17) is 5.73 Å². The Morgan fingerprint density at radius 3 is 1.75 bits per heavy atom. The van der Waals surface area contributed by atoms with Gasteiger partial charge in [0.25, 0.3) is 0 Å². The largest absolute Gasteiger partial charge is 0.328 e. The van der Waals surface area contributed by atoms with Crippen molar-refractivity contribution in [2.75, 3.05) is 7.05 Å². The second kappa shape index (κ2) is 5.50. The minimum Gasteiger partial charge on any atom is -0.328 e. The van der Waals surface area contributed by atoms with Gasteiger partial charge in [-0.25, -0.2) is 0 Å². The van der Waals surface area contributed by atoms with Crippen molar-refractivity contribution < 1.29 is 0 Å². The van der Waals surface area contributed by atoms with Gasteiger partial charge in [-0.05, 0) is 64.3 Å². The lowest BCUT2D eigenvalue weighted by Crippen LogP contribution is -2.45. The minimum absolute atomic E-state index is 0.482. The Hall–Kier alpha value is -0.0800. The van der Waals surface area contributed by atoms with Gasteiger partial charge in [0.2, 0.25) is 0 Å². The number of hydrogen-bond acceptors (Lipinski definition) is 2. The molecule has 2 heteroatoms. The fraction of sp³-hybridized carbons (Fsp3) is 1.00. The second-order valence-electron chi connectivity index (χ2n) is 6.15. The molecule has 2 fully saturated rings. The van der Waals surface area contributed by atoms with Crippen molar-refractivity contribution in [1.29, 1.82) is 0 Å². The predicted octanol–water partition coefficient (Wildman–Crippen LogP) is 2.77. The van der Waals surface area contributed by atoms with Gasteiger partial charge < -0.3 is 10.6 Å². The molecule has 0 saturated heterocycles. The third kappa shape index (κ3) is 2.98. The molecule has 0 aromatic carbocycles. The molecule has 0 atom stereocenters. The van der Waals surface area contributed by atoms with Crippen LogP contribution in [0.1, 0.15) is 58.3 Å². The van der Waals surface area contributed by atoms with E-state index in [0.29, 0.717) is 6.04 Å². The molecule has 2 N–H and O–H groups in total. The van der Waals surface area contributed by atoms with Crippen molar-refractivity contribution in [1.82, 2.24) is 4.90 Å². The first kappa shape index (κ1) is 12.4. The van der Waals surface area contributed by atoms with Crippen LogP contribution in [0.2, 0.25) is 0 Å². The number of hydrogen-bond donors (Lipinski definition) is 1. The SMILES string of the molecule is CC1CCC(N(C)C2CCC(N)CC2)CC1. The summed E-state index contributed by atoms with van der Waals surface area (Å²) in [5, 5.41) is 0. The van der Waals surface area contributed by atoms with Crippen LogP contribution in [0.3, 0.4) is 0 Å². The molecule has 0 aromatic rings. The van der Waals surface area contributed by atoms with Crippen molar-refractivity contribution in [2.24, 2.45) is 11.7 Å². The Kier molecular flexibility index (Phi) is 4.26. The summed E-state index contributed by atoms with van der Waals surface area (Å²) in [5.41, 5.74) is 5.98. The highest BCUT2D eigenvalue weighted by molar-refractivity contribution is 4.85. The van der Waals surface area contributed by atoms with Crippen LogP contribution in [-0.2, 0) is 0 Å². The van der Waals surface area contributed by atoms with E-state index in [1.807, 2.05) is 0 Å². The zero-order valence-electron chi connectivity index (χ0n) is 11.0. The Balaban J connectivity index is 1.80. The highest BCUT2D eigenvalue weighted by Crippen LogP contribution is 2.30. The summed E-state index contributed by atoms with van der Waals surface area (Å²) in [6.45, 7) is 2.40. The Morgan fingerprint density at radius 1 is 0.812 bits per heavy atom. The van der Waals surface area contributed by atoms with E-state index in [2.05, 4.69) is 18.9 Å². The Morgan fingerprint density at radius 2 is 1.25 bits per heavy atom. The second-order valence-corrected chi connectivity index (χ2v) is 6.15. The fourth-order valence-electron chi connectivity index (χ4n) is 3.46. The van der Waals surface area contributed by atoms with Crippen LogP contribution in [0.15, 0.2) is 0 Å². The van der Waals surface area contributed by atoms with Crippen LogP contribution < -0.4 is 5.73 Å². The summed E-state index contributed by atoms with van der Waals surface area (Å²) >= 11 is 0. The lowest BCUT2D eigenvalue weighted by atomic mass is 9.84. The molecule has 2 rings (SSSR count). The highest BCUT2D eigenvalue weighted by atomic mass is 15.2. The van der Waals surface area contributed by atoms with Gasteiger partial charge in [0.15, 0.2) is 0 Å². The summed E-state index contributed by atoms with van der Waals surface area (Å²) in [5.74, 6) is 0.962. The van der Waals surface area contributed by atoms with Crippen molar-refractivity contribution in [3.63, 3.8) is 0 Å². The van der Waals surface area contributed by atoms with Crippen molar-refractivity contribution >= 4 is 0 Å². The first-order chi connectivity index (χ1) is 7.66. The predicted molar refractivity (Wildman–Crippen MR) is 69.4 cm³/mol. The standard InChI is InChI=1S/C14H28N2/c1-11-3-7-13(8-4-11)16(2)14-9-5-12(15)6-10-14/h11-14H,3-10,15H2,1-2H3. The summed E-state index contributed by atoms with van der Waals surface area (Å²) < 4.78 is 0. The van der Waals surface area contributed by atoms with Crippen molar-refractivity contribution in [3.05, 3.63) is 0 Å². The van der Waals surface area contributed by atoms with Gasteiger partial charge in [0.05, 0.1) is 0 Å². The van der Waals surface area contributed by atoms with Gasteiger partial charge in [0, 0.05) is 18.1 Å². The fourth-order valence-corrected chi connectivity index (χ4v) is 3.46. The summed E-state index contributed by atoms with van der Waals surface area (Å²) in [4.78, 5) is 2.68. The molecule has 2 saturated carbocycles. The normalized spacial score (nSPS) is 41.2. The smallest absolute Gasteiger partial charge is 0.00962 e. The van der Waals surface area contributed by atoms with E-state index in [-0.39, 0.29) is 0 Å². The van der Waals surface area contributed by atoms with Crippen molar-refractivity contribution in [2.45, 2.75) is 76.4 Å². The zero-order valence-corrected chi connectivity index (χ0v) is 11.0. The van der Waals surface area contributed by atoms with Crippen LogP contribution in [-0.4, -0.2) is 30.1 Å². The van der Waals surface area contributed by atoms with E-state index < -0.39 is 0 Å². The number of nitrogens with two attached hydrogens (primary N) is 1. The average Bonchev–Trinajstić information content (AvgIpc) is 2.30. The quantitative estimate of drug-likeness (QED) is 0.781. The first-order valence-electron chi connectivity index (χ1n) is 7.14. The monoisotopic (exact) mass is 224 g/mol. The van der Waals surface area contributed by atoms with Crippen molar-refractivity contribution in [3.8, 4) is 0 Å². The molecule has 94 valence electrons.